The van der Waals surface area contributed by atoms with Crippen molar-refractivity contribution in [3.05, 3.63) is 59.2 Å². The molecule has 0 saturated heterocycles. The molecule has 1 heterocycles. The number of aliphatic hydroxyl groups excluding tert-OH is 1. The molecule has 0 aliphatic heterocycles. The van der Waals surface area contributed by atoms with E-state index in [0.29, 0.717) is 11.1 Å². The number of pyridine rings is 1. The molecule has 0 saturated carbocycles. The molecule has 0 bridgehead atoms. The van der Waals surface area contributed by atoms with Gasteiger partial charge in [-0.3, -0.25) is 0 Å². The molecule has 1 N–H and O–H groups in total. The van der Waals surface area contributed by atoms with Crippen molar-refractivity contribution < 1.29 is 14.2 Å². The van der Waals surface area contributed by atoms with Crippen molar-refractivity contribution in [2.45, 2.75) is 6.61 Å². The molecule has 0 aliphatic rings. The van der Waals surface area contributed by atoms with Gasteiger partial charge in [-0.25, -0.2) is 9.37 Å². The van der Waals surface area contributed by atoms with Crippen LogP contribution in [0.3, 0.4) is 0 Å². The van der Waals surface area contributed by atoms with Crippen LogP contribution in [-0.4, -0.2) is 16.7 Å². The number of ether oxygens (including phenoxy) is 1. The van der Waals surface area contributed by atoms with Crippen LogP contribution < -0.4 is 4.74 Å². The third kappa shape index (κ3) is 3.79. The first-order valence-corrected chi connectivity index (χ1v) is 6.10. The van der Waals surface area contributed by atoms with E-state index in [1.165, 1.54) is 24.4 Å². The van der Waals surface area contributed by atoms with Gasteiger partial charge in [-0.15, -0.1) is 0 Å². The lowest BCUT2D eigenvalue weighted by Crippen LogP contribution is -2.01. The fraction of sp³-hybridized carbons (Fsp3) is 0.125. The molecular formula is C16H11FN2O2. The van der Waals surface area contributed by atoms with E-state index in [2.05, 4.69) is 16.8 Å². The number of nitrogens with zero attached hydrogens (tertiary/aromatic N) is 2. The molecule has 5 heteroatoms. The minimum atomic E-state index is -0.453. The van der Waals surface area contributed by atoms with Gasteiger partial charge in [0.05, 0.1) is 5.56 Å². The molecule has 0 amide bonds. The van der Waals surface area contributed by atoms with E-state index in [-0.39, 0.29) is 24.7 Å². The highest BCUT2D eigenvalue weighted by atomic mass is 19.1. The molecule has 1 aromatic carbocycles. The minimum absolute atomic E-state index is 0.0774. The van der Waals surface area contributed by atoms with Gasteiger partial charge in [0.1, 0.15) is 36.5 Å². The van der Waals surface area contributed by atoms with Gasteiger partial charge in [0.2, 0.25) is 0 Å². The van der Waals surface area contributed by atoms with E-state index in [9.17, 15) is 4.39 Å². The number of rotatable bonds is 3. The number of hydrogen-bond donors (Lipinski definition) is 1. The number of hydrogen-bond acceptors (Lipinski definition) is 4. The van der Waals surface area contributed by atoms with Gasteiger partial charge < -0.3 is 9.84 Å². The van der Waals surface area contributed by atoms with Crippen LogP contribution >= 0.6 is 0 Å². The van der Waals surface area contributed by atoms with Crippen molar-refractivity contribution in [2.24, 2.45) is 0 Å². The summed E-state index contributed by atoms with van der Waals surface area (Å²) in [7, 11) is 0. The first kappa shape index (κ1) is 14.5. The maximum absolute atomic E-state index is 13.3. The summed E-state index contributed by atoms with van der Waals surface area (Å²) in [5.41, 5.74) is 1.33. The Morgan fingerprint density at radius 2 is 2.19 bits per heavy atom. The number of aromatic nitrogens is 1. The van der Waals surface area contributed by atoms with E-state index in [1.807, 2.05) is 6.07 Å². The predicted molar refractivity (Wildman–Crippen MR) is 73.6 cm³/mol. The monoisotopic (exact) mass is 282 g/mol. The van der Waals surface area contributed by atoms with Crippen molar-refractivity contribution >= 4 is 0 Å². The predicted octanol–water partition coefficient (Wildman–Crippen LogP) is 2.02. The molecule has 0 radical (unpaired) electrons. The van der Waals surface area contributed by atoms with Crippen molar-refractivity contribution in [1.82, 2.24) is 4.98 Å². The van der Waals surface area contributed by atoms with Crippen LogP contribution in [0.15, 0.2) is 36.5 Å². The van der Waals surface area contributed by atoms with Gasteiger partial charge in [0.15, 0.2) is 0 Å². The van der Waals surface area contributed by atoms with E-state index >= 15 is 0 Å². The second kappa shape index (κ2) is 7.04. The average molecular weight is 282 g/mol. The summed E-state index contributed by atoms with van der Waals surface area (Å²) in [5, 5.41) is 17.7. The quantitative estimate of drug-likeness (QED) is 0.875. The molecule has 104 valence electrons. The Bertz CT molecular complexity index is 742. The van der Waals surface area contributed by atoms with Gasteiger partial charge in [-0.05, 0) is 18.2 Å². The van der Waals surface area contributed by atoms with Gasteiger partial charge >= 0.3 is 0 Å². The van der Waals surface area contributed by atoms with Crippen LogP contribution in [0.25, 0.3) is 0 Å². The SMILES string of the molecule is N#Cc1ncccc1COc1cc(F)ccc1C#CCO. The first-order valence-electron chi connectivity index (χ1n) is 6.10. The summed E-state index contributed by atoms with van der Waals surface area (Å²) in [4.78, 5) is 3.92. The van der Waals surface area contributed by atoms with Crippen molar-refractivity contribution in [2.75, 3.05) is 6.61 Å². The fourth-order valence-electron chi connectivity index (χ4n) is 1.66. The highest BCUT2D eigenvalue weighted by molar-refractivity contribution is 5.46. The summed E-state index contributed by atoms with van der Waals surface area (Å²) in [5.74, 6) is 4.97. The van der Waals surface area contributed by atoms with Crippen LogP contribution in [-0.2, 0) is 6.61 Å². The zero-order valence-corrected chi connectivity index (χ0v) is 11.0. The van der Waals surface area contributed by atoms with Crippen LogP contribution in [0, 0.1) is 29.0 Å². The van der Waals surface area contributed by atoms with Crippen molar-refractivity contribution in [3.8, 4) is 23.7 Å². The van der Waals surface area contributed by atoms with Crippen LogP contribution in [0.5, 0.6) is 5.75 Å². The molecule has 1 aromatic heterocycles. The number of nitriles is 1. The Morgan fingerprint density at radius 1 is 1.33 bits per heavy atom. The van der Waals surface area contributed by atoms with Crippen LogP contribution in [0.4, 0.5) is 4.39 Å². The third-order valence-corrected chi connectivity index (χ3v) is 2.63. The summed E-state index contributed by atoms with van der Waals surface area (Å²) in [6.45, 7) is -0.216. The normalized spacial score (nSPS) is 9.38. The Balaban J connectivity index is 2.23. The number of aliphatic hydroxyl groups is 1. The Morgan fingerprint density at radius 3 is 2.95 bits per heavy atom. The lowest BCUT2D eigenvalue weighted by atomic mass is 10.2. The Kier molecular flexibility index (Phi) is 4.87. The number of halogens is 1. The molecule has 0 atom stereocenters. The molecule has 0 unspecified atom stereocenters. The molecule has 4 nitrogen and oxygen atoms in total. The van der Waals surface area contributed by atoms with E-state index < -0.39 is 5.82 Å². The lowest BCUT2D eigenvalue weighted by Gasteiger charge is -2.09. The molecule has 0 spiro atoms. The standard InChI is InChI=1S/C16H11FN2O2/c17-14-6-5-12(4-2-8-20)16(9-14)21-11-13-3-1-7-19-15(13)10-18/h1,3,5-7,9,20H,8,11H2. The molecule has 2 rings (SSSR count). The van der Waals surface area contributed by atoms with E-state index in [4.69, 9.17) is 15.1 Å². The topological polar surface area (TPSA) is 66.1 Å². The average Bonchev–Trinajstić information content (AvgIpc) is 2.52. The zero-order valence-electron chi connectivity index (χ0n) is 11.0. The number of benzene rings is 1. The highest BCUT2D eigenvalue weighted by Gasteiger charge is 2.07. The third-order valence-electron chi connectivity index (χ3n) is 2.63. The van der Waals surface area contributed by atoms with Crippen LogP contribution in [0.1, 0.15) is 16.8 Å². The van der Waals surface area contributed by atoms with Gasteiger partial charge in [0, 0.05) is 17.8 Å². The molecule has 0 aliphatic carbocycles. The Hall–Kier alpha value is -2.89. The smallest absolute Gasteiger partial charge is 0.147 e. The molecule has 0 fully saturated rings. The maximum atomic E-state index is 13.3. The molecule has 21 heavy (non-hydrogen) atoms. The molecule has 2 aromatic rings. The summed E-state index contributed by atoms with van der Waals surface area (Å²) in [6, 6.07) is 9.32. The summed E-state index contributed by atoms with van der Waals surface area (Å²) in [6.07, 6.45) is 1.52. The second-order valence-electron chi connectivity index (χ2n) is 4.01. The van der Waals surface area contributed by atoms with Crippen molar-refractivity contribution in [1.29, 1.82) is 5.26 Å². The Labute approximate surface area is 121 Å². The summed E-state index contributed by atoms with van der Waals surface area (Å²) < 4.78 is 18.8. The molecular weight excluding hydrogens is 271 g/mol. The van der Waals surface area contributed by atoms with E-state index in [0.717, 1.165) is 0 Å². The van der Waals surface area contributed by atoms with Gasteiger partial charge in [-0.2, -0.15) is 5.26 Å². The zero-order chi connectivity index (χ0) is 15.1. The minimum Gasteiger partial charge on any atom is -0.487 e. The lowest BCUT2D eigenvalue weighted by molar-refractivity contribution is 0.303. The van der Waals surface area contributed by atoms with Gasteiger partial charge in [-0.1, -0.05) is 17.9 Å². The first-order chi connectivity index (χ1) is 10.2. The van der Waals surface area contributed by atoms with Gasteiger partial charge in [0.25, 0.3) is 0 Å². The van der Waals surface area contributed by atoms with Crippen molar-refractivity contribution in [3.63, 3.8) is 0 Å². The fourth-order valence-corrected chi connectivity index (χ4v) is 1.66. The maximum Gasteiger partial charge on any atom is 0.147 e. The second-order valence-corrected chi connectivity index (χ2v) is 4.01. The van der Waals surface area contributed by atoms with E-state index in [1.54, 1.807) is 12.1 Å². The largest absolute Gasteiger partial charge is 0.487 e. The highest BCUT2D eigenvalue weighted by Crippen LogP contribution is 2.20. The van der Waals surface area contributed by atoms with Crippen LogP contribution in [0.2, 0.25) is 0 Å². The summed E-state index contributed by atoms with van der Waals surface area (Å²) >= 11 is 0.